The standard InChI is InChI=1S/C17H17ClN4O4/c1-21-14(11-4-2-3-5-12(11)18)8-22-7-13(20-15(22)17(21)26)16(25)19-6-10(24)9-23/h2-5,7-8,10,23-24H,6,9H2,1H3,(H,19,25). The van der Waals surface area contributed by atoms with Gasteiger partial charge in [-0.3, -0.25) is 14.0 Å². The average molecular weight is 377 g/mol. The van der Waals surface area contributed by atoms with Gasteiger partial charge in [0.1, 0.15) is 5.69 Å². The molecule has 1 aromatic carbocycles. The van der Waals surface area contributed by atoms with Gasteiger partial charge in [0.05, 0.1) is 18.4 Å². The first-order valence-electron chi connectivity index (χ1n) is 7.83. The second kappa shape index (κ2) is 7.28. The summed E-state index contributed by atoms with van der Waals surface area (Å²) in [4.78, 5) is 28.8. The van der Waals surface area contributed by atoms with Gasteiger partial charge < -0.3 is 20.1 Å². The van der Waals surface area contributed by atoms with Crippen molar-refractivity contribution in [3.8, 4) is 11.3 Å². The van der Waals surface area contributed by atoms with E-state index in [0.717, 1.165) is 0 Å². The predicted molar refractivity (Wildman–Crippen MR) is 96.3 cm³/mol. The number of carbonyl (C=O) groups is 1. The minimum Gasteiger partial charge on any atom is -0.394 e. The average Bonchev–Trinajstić information content (AvgIpc) is 3.07. The highest BCUT2D eigenvalue weighted by atomic mass is 35.5. The van der Waals surface area contributed by atoms with E-state index in [-0.39, 0.29) is 23.4 Å². The number of imidazole rings is 1. The highest BCUT2D eigenvalue weighted by Crippen LogP contribution is 2.26. The number of halogens is 1. The number of aliphatic hydroxyl groups excluding tert-OH is 2. The molecule has 1 amide bonds. The molecule has 9 heteroatoms. The molecule has 8 nitrogen and oxygen atoms in total. The van der Waals surface area contributed by atoms with Crippen LogP contribution in [0.4, 0.5) is 0 Å². The molecule has 0 fully saturated rings. The smallest absolute Gasteiger partial charge is 0.294 e. The number of aromatic nitrogens is 3. The number of hydrogen-bond donors (Lipinski definition) is 3. The van der Waals surface area contributed by atoms with Crippen LogP contribution in [0, 0.1) is 0 Å². The van der Waals surface area contributed by atoms with E-state index in [0.29, 0.717) is 16.3 Å². The number of fused-ring (bicyclic) bond motifs is 1. The van der Waals surface area contributed by atoms with Gasteiger partial charge in [-0.25, -0.2) is 4.98 Å². The zero-order valence-corrected chi connectivity index (χ0v) is 14.6. The zero-order chi connectivity index (χ0) is 18.8. The molecule has 3 rings (SSSR count). The highest BCUT2D eigenvalue weighted by Gasteiger charge is 2.17. The number of carbonyl (C=O) groups excluding carboxylic acids is 1. The summed E-state index contributed by atoms with van der Waals surface area (Å²) in [5.74, 6) is -0.553. The van der Waals surface area contributed by atoms with Crippen molar-refractivity contribution in [2.75, 3.05) is 13.2 Å². The lowest BCUT2D eigenvalue weighted by atomic mass is 10.1. The Balaban J connectivity index is 2.03. The Morgan fingerprint density at radius 1 is 1.35 bits per heavy atom. The van der Waals surface area contributed by atoms with E-state index >= 15 is 0 Å². The van der Waals surface area contributed by atoms with Crippen LogP contribution in [0.15, 0.2) is 41.5 Å². The van der Waals surface area contributed by atoms with Gasteiger partial charge in [-0.2, -0.15) is 0 Å². The molecule has 0 bridgehead atoms. The van der Waals surface area contributed by atoms with Gasteiger partial charge in [0.15, 0.2) is 0 Å². The number of amides is 1. The van der Waals surface area contributed by atoms with Crippen molar-refractivity contribution in [3.63, 3.8) is 0 Å². The summed E-state index contributed by atoms with van der Waals surface area (Å²) in [6, 6.07) is 7.13. The SMILES string of the molecule is Cn1c(-c2ccccc2Cl)cn2cc(C(=O)NCC(O)CO)nc2c1=O. The molecule has 3 aromatic rings. The summed E-state index contributed by atoms with van der Waals surface area (Å²) < 4.78 is 2.89. The minimum atomic E-state index is -1.06. The van der Waals surface area contributed by atoms with Crippen LogP contribution in [0.25, 0.3) is 16.9 Å². The molecule has 2 aromatic heterocycles. The summed E-state index contributed by atoms with van der Waals surface area (Å²) in [7, 11) is 1.60. The first-order valence-corrected chi connectivity index (χ1v) is 8.21. The zero-order valence-electron chi connectivity index (χ0n) is 13.9. The monoisotopic (exact) mass is 376 g/mol. The van der Waals surface area contributed by atoms with E-state index in [4.69, 9.17) is 16.7 Å². The molecule has 0 aliphatic rings. The van der Waals surface area contributed by atoms with Crippen LogP contribution < -0.4 is 10.9 Å². The Morgan fingerprint density at radius 3 is 2.77 bits per heavy atom. The van der Waals surface area contributed by atoms with Gasteiger partial charge in [0.2, 0.25) is 5.65 Å². The number of hydrogen-bond acceptors (Lipinski definition) is 5. The summed E-state index contributed by atoms with van der Waals surface area (Å²) in [6.07, 6.45) is 2.04. The fraction of sp³-hybridized carbons (Fsp3) is 0.235. The Labute approximate surface area is 153 Å². The van der Waals surface area contributed by atoms with Gasteiger partial charge in [-0.15, -0.1) is 0 Å². The fourth-order valence-electron chi connectivity index (χ4n) is 2.52. The molecule has 0 radical (unpaired) electrons. The van der Waals surface area contributed by atoms with Crippen LogP contribution in [-0.4, -0.2) is 49.3 Å². The van der Waals surface area contributed by atoms with Crippen molar-refractivity contribution in [1.82, 2.24) is 19.3 Å². The van der Waals surface area contributed by atoms with Gasteiger partial charge in [-0.1, -0.05) is 29.8 Å². The molecule has 0 spiro atoms. The number of rotatable bonds is 5. The predicted octanol–water partition coefficient (Wildman–Crippen LogP) is 0.436. The maximum Gasteiger partial charge on any atom is 0.294 e. The van der Waals surface area contributed by atoms with Gasteiger partial charge in [0.25, 0.3) is 11.5 Å². The third kappa shape index (κ3) is 3.34. The second-order valence-electron chi connectivity index (χ2n) is 5.76. The first-order chi connectivity index (χ1) is 12.4. The Bertz CT molecular complexity index is 1030. The topological polar surface area (TPSA) is 109 Å². The second-order valence-corrected chi connectivity index (χ2v) is 6.17. The van der Waals surface area contributed by atoms with Gasteiger partial charge >= 0.3 is 0 Å². The van der Waals surface area contributed by atoms with Crippen molar-refractivity contribution in [3.05, 3.63) is 57.7 Å². The van der Waals surface area contributed by atoms with E-state index in [1.165, 1.54) is 15.2 Å². The van der Waals surface area contributed by atoms with E-state index in [2.05, 4.69) is 10.3 Å². The van der Waals surface area contributed by atoms with Gasteiger partial charge in [0, 0.05) is 36.6 Å². The Hall–Kier alpha value is -2.68. The number of nitrogens with zero attached hydrogens (tertiary/aromatic N) is 3. The largest absolute Gasteiger partial charge is 0.394 e. The molecule has 1 unspecified atom stereocenters. The molecule has 3 N–H and O–H groups in total. The summed E-state index contributed by atoms with van der Waals surface area (Å²) in [5.41, 5.74) is 1.01. The van der Waals surface area contributed by atoms with E-state index in [9.17, 15) is 14.7 Å². The first kappa shape index (κ1) is 18.1. The third-order valence-corrected chi connectivity index (χ3v) is 4.27. The number of nitrogens with one attached hydrogen (secondary N) is 1. The molecular formula is C17H17ClN4O4. The Kier molecular flexibility index (Phi) is 5.08. The molecule has 0 saturated carbocycles. The minimum absolute atomic E-state index is 0.0311. The van der Waals surface area contributed by atoms with E-state index in [1.807, 2.05) is 6.07 Å². The van der Waals surface area contributed by atoms with E-state index in [1.54, 1.807) is 31.4 Å². The highest BCUT2D eigenvalue weighted by molar-refractivity contribution is 6.33. The molecule has 0 aliphatic carbocycles. The molecule has 2 heterocycles. The quantitative estimate of drug-likeness (QED) is 0.598. The Morgan fingerprint density at radius 2 is 2.08 bits per heavy atom. The van der Waals surface area contributed by atoms with Crippen molar-refractivity contribution < 1.29 is 15.0 Å². The molecule has 1 atom stereocenters. The van der Waals surface area contributed by atoms with E-state index < -0.39 is 18.6 Å². The maximum atomic E-state index is 12.6. The summed E-state index contributed by atoms with van der Waals surface area (Å²) in [6.45, 7) is -0.584. The maximum absolute atomic E-state index is 12.6. The van der Waals surface area contributed by atoms with Crippen molar-refractivity contribution in [2.24, 2.45) is 7.05 Å². The van der Waals surface area contributed by atoms with Crippen molar-refractivity contribution >= 4 is 23.2 Å². The molecule has 0 aliphatic heterocycles. The van der Waals surface area contributed by atoms with Crippen LogP contribution in [0.3, 0.4) is 0 Å². The third-order valence-electron chi connectivity index (χ3n) is 3.94. The van der Waals surface area contributed by atoms with Crippen LogP contribution >= 0.6 is 11.6 Å². The lowest BCUT2D eigenvalue weighted by molar-refractivity contribution is 0.0799. The van der Waals surface area contributed by atoms with Crippen LogP contribution in [0.2, 0.25) is 5.02 Å². The molecule has 136 valence electrons. The summed E-state index contributed by atoms with van der Waals surface area (Å²) >= 11 is 6.23. The number of aliphatic hydroxyl groups is 2. The fourth-order valence-corrected chi connectivity index (χ4v) is 2.75. The lowest BCUT2D eigenvalue weighted by Crippen LogP contribution is -2.34. The van der Waals surface area contributed by atoms with Crippen molar-refractivity contribution in [1.29, 1.82) is 0 Å². The van der Waals surface area contributed by atoms with Crippen LogP contribution in [0.5, 0.6) is 0 Å². The van der Waals surface area contributed by atoms with Crippen LogP contribution in [0.1, 0.15) is 10.5 Å². The van der Waals surface area contributed by atoms with Crippen LogP contribution in [-0.2, 0) is 7.05 Å². The van der Waals surface area contributed by atoms with Crippen molar-refractivity contribution in [2.45, 2.75) is 6.10 Å². The molecular weight excluding hydrogens is 360 g/mol. The lowest BCUT2D eigenvalue weighted by Gasteiger charge is -2.10. The molecule has 26 heavy (non-hydrogen) atoms. The molecule has 0 saturated heterocycles. The summed E-state index contributed by atoms with van der Waals surface area (Å²) in [5, 5.41) is 21.0. The normalized spacial score (nSPS) is 12.3. The number of benzene rings is 1. The van der Waals surface area contributed by atoms with Gasteiger partial charge in [-0.05, 0) is 6.07 Å².